The van der Waals surface area contributed by atoms with Gasteiger partial charge in [0.1, 0.15) is 0 Å². The van der Waals surface area contributed by atoms with Crippen LogP contribution in [-0.4, -0.2) is 67.1 Å². The second-order valence-corrected chi connectivity index (χ2v) is 6.64. The Balaban J connectivity index is 1.56. The number of rotatable bonds is 5. The highest BCUT2D eigenvalue weighted by atomic mass is 16.5. The number of methoxy groups -OCH3 is 2. The Morgan fingerprint density at radius 1 is 1.03 bits per heavy atom. The summed E-state index contributed by atoms with van der Waals surface area (Å²) in [6.07, 6.45) is 3.37. The number of hydrogen-bond donors (Lipinski definition) is 1. The average Bonchev–Trinajstić information content (AvgIpc) is 2.78. The molecule has 1 saturated heterocycles. The molecule has 154 valence electrons. The van der Waals surface area contributed by atoms with E-state index in [-0.39, 0.29) is 6.04 Å². The minimum atomic E-state index is -0.628. The van der Waals surface area contributed by atoms with Gasteiger partial charge in [-0.25, -0.2) is 9.97 Å². The van der Waals surface area contributed by atoms with E-state index in [2.05, 4.69) is 15.3 Å². The summed E-state index contributed by atoms with van der Waals surface area (Å²) in [5.74, 6) is 0.636. The summed E-state index contributed by atoms with van der Waals surface area (Å²) in [7, 11) is 3.11. The van der Waals surface area contributed by atoms with Gasteiger partial charge in [-0.15, -0.1) is 0 Å². The summed E-state index contributed by atoms with van der Waals surface area (Å²) < 4.78 is 10.5. The van der Waals surface area contributed by atoms with Crippen molar-refractivity contribution < 1.29 is 19.1 Å². The summed E-state index contributed by atoms with van der Waals surface area (Å²) in [4.78, 5) is 37.0. The van der Waals surface area contributed by atoms with Crippen molar-refractivity contribution in [3.63, 3.8) is 0 Å². The lowest BCUT2D eigenvalue weighted by Gasteiger charge is -2.34. The van der Waals surface area contributed by atoms with E-state index in [1.165, 1.54) is 0 Å². The molecular formula is C20H25N5O4. The van der Waals surface area contributed by atoms with Crippen LogP contribution in [0, 0.1) is 0 Å². The monoisotopic (exact) mass is 399 g/mol. The Morgan fingerprint density at radius 3 is 2.31 bits per heavy atom. The van der Waals surface area contributed by atoms with Crippen molar-refractivity contribution >= 4 is 17.8 Å². The smallest absolute Gasteiger partial charge is 0.312 e. The molecule has 29 heavy (non-hydrogen) atoms. The number of carbonyl (C=O) groups is 2. The fraction of sp³-hybridized carbons (Fsp3) is 0.400. The van der Waals surface area contributed by atoms with Crippen molar-refractivity contribution in [1.82, 2.24) is 20.2 Å². The summed E-state index contributed by atoms with van der Waals surface area (Å²) in [5.41, 5.74) is 0.815. The fourth-order valence-electron chi connectivity index (χ4n) is 3.17. The first-order valence-corrected chi connectivity index (χ1v) is 9.37. The summed E-state index contributed by atoms with van der Waals surface area (Å²) in [6, 6.07) is 6.78. The third-order valence-electron chi connectivity index (χ3n) is 4.85. The van der Waals surface area contributed by atoms with Crippen LogP contribution in [0.3, 0.4) is 0 Å². The molecule has 2 heterocycles. The summed E-state index contributed by atoms with van der Waals surface area (Å²) in [5, 5.41) is 2.76. The van der Waals surface area contributed by atoms with E-state index in [4.69, 9.17) is 9.47 Å². The fourth-order valence-corrected chi connectivity index (χ4v) is 3.17. The molecule has 1 atom stereocenters. The SMILES string of the molecule is COc1ccc(C(C)NC(=O)C(=O)N2CCN(c3ncccn3)CC2)cc1OC. The summed E-state index contributed by atoms with van der Waals surface area (Å²) in [6.45, 7) is 3.85. The predicted octanol–water partition coefficient (Wildman–Crippen LogP) is 1.02. The minimum absolute atomic E-state index is 0.356. The van der Waals surface area contributed by atoms with E-state index in [1.54, 1.807) is 49.7 Å². The van der Waals surface area contributed by atoms with Gasteiger partial charge in [-0.05, 0) is 30.7 Å². The van der Waals surface area contributed by atoms with Gasteiger partial charge in [0.25, 0.3) is 0 Å². The van der Waals surface area contributed by atoms with Gasteiger partial charge < -0.3 is 24.6 Å². The Bertz CT molecular complexity index is 853. The van der Waals surface area contributed by atoms with E-state index in [1.807, 2.05) is 17.9 Å². The van der Waals surface area contributed by atoms with Gasteiger partial charge in [-0.3, -0.25) is 9.59 Å². The number of hydrogen-bond acceptors (Lipinski definition) is 7. The number of anilines is 1. The standard InChI is InChI=1S/C20H25N5O4/c1-14(15-5-6-16(28-2)17(13-15)29-3)23-18(26)19(27)24-9-11-25(12-10-24)20-21-7-4-8-22-20/h4-8,13-14H,9-12H2,1-3H3,(H,23,26). The van der Waals surface area contributed by atoms with Gasteiger partial charge in [0, 0.05) is 38.6 Å². The lowest BCUT2D eigenvalue weighted by atomic mass is 10.1. The van der Waals surface area contributed by atoms with Crippen LogP contribution in [-0.2, 0) is 9.59 Å². The summed E-state index contributed by atoms with van der Waals surface area (Å²) >= 11 is 0. The van der Waals surface area contributed by atoms with Gasteiger partial charge in [0.15, 0.2) is 11.5 Å². The molecule has 2 aromatic rings. The molecule has 1 unspecified atom stereocenters. The number of ether oxygens (including phenoxy) is 2. The van der Waals surface area contributed by atoms with Crippen LogP contribution >= 0.6 is 0 Å². The van der Waals surface area contributed by atoms with Crippen molar-refractivity contribution in [2.24, 2.45) is 0 Å². The molecule has 3 rings (SSSR count). The van der Waals surface area contributed by atoms with Crippen LogP contribution in [0.2, 0.25) is 0 Å². The third-order valence-corrected chi connectivity index (χ3v) is 4.85. The van der Waals surface area contributed by atoms with Gasteiger partial charge in [-0.1, -0.05) is 6.07 Å². The van der Waals surface area contributed by atoms with Gasteiger partial charge in [-0.2, -0.15) is 0 Å². The van der Waals surface area contributed by atoms with Crippen LogP contribution in [0.15, 0.2) is 36.7 Å². The Morgan fingerprint density at radius 2 is 1.69 bits per heavy atom. The molecular weight excluding hydrogens is 374 g/mol. The van der Waals surface area contributed by atoms with Crippen LogP contribution in [0.4, 0.5) is 5.95 Å². The lowest BCUT2D eigenvalue weighted by Crippen LogP contribution is -2.53. The first-order valence-electron chi connectivity index (χ1n) is 9.37. The van der Waals surface area contributed by atoms with E-state index < -0.39 is 11.8 Å². The number of piperazine rings is 1. The first kappa shape index (κ1) is 20.4. The maximum absolute atomic E-state index is 12.6. The van der Waals surface area contributed by atoms with Crippen LogP contribution in [0.1, 0.15) is 18.5 Å². The Kier molecular flexibility index (Phi) is 6.48. The molecule has 1 aromatic carbocycles. The van der Waals surface area contributed by atoms with E-state index in [0.29, 0.717) is 43.6 Å². The normalized spacial score (nSPS) is 14.9. The molecule has 0 aliphatic carbocycles. The zero-order chi connectivity index (χ0) is 20.8. The zero-order valence-corrected chi connectivity index (χ0v) is 16.8. The van der Waals surface area contributed by atoms with Crippen LogP contribution in [0.25, 0.3) is 0 Å². The maximum Gasteiger partial charge on any atom is 0.312 e. The van der Waals surface area contributed by atoms with E-state index in [9.17, 15) is 9.59 Å². The van der Waals surface area contributed by atoms with Crippen molar-refractivity contribution in [2.75, 3.05) is 45.3 Å². The molecule has 1 aliphatic heterocycles. The molecule has 0 spiro atoms. The molecule has 0 radical (unpaired) electrons. The highest BCUT2D eigenvalue weighted by Crippen LogP contribution is 2.29. The van der Waals surface area contributed by atoms with Gasteiger partial charge >= 0.3 is 11.8 Å². The molecule has 9 nitrogen and oxygen atoms in total. The van der Waals surface area contributed by atoms with Gasteiger partial charge in [0.2, 0.25) is 5.95 Å². The molecule has 2 amide bonds. The molecule has 0 bridgehead atoms. The molecule has 1 aromatic heterocycles. The van der Waals surface area contributed by atoms with Crippen LogP contribution in [0.5, 0.6) is 11.5 Å². The second-order valence-electron chi connectivity index (χ2n) is 6.64. The molecule has 1 aliphatic rings. The second kappa shape index (κ2) is 9.22. The number of benzene rings is 1. The largest absolute Gasteiger partial charge is 0.493 e. The average molecular weight is 399 g/mol. The van der Waals surface area contributed by atoms with Crippen molar-refractivity contribution in [1.29, 1.82) is 0 Å². The third kappa shape index (κ3) is 4.74. The molecule has 0 saturated carbocycles. The first-order chi connectivity index (χ1) is 14.0. The van der Waals surface area contributed by atoms with Crippen molar-refractivity contribution in [2.45, 2.75) is 13.0 Å². The maximum atomic E-state index is 12.6. The topological polar surface area (TPSA) is 96.9 Å². The van der Waals surface area contributed by atoms with E-state index in [0.717, 1.165) is 5.56 Å². The minimum Gasteiger partial charge on any atom is -0.493 e. The van der Waals surface area contributed by atoms with Crippen molar-refractivity contribution in [3.8, 4) is 11.5 Å². The molecule has 1 N–H and O–H groups in total. The lowest BCUT2D eigenvalue weighted by molar-refractivity contribution is -0.146. The Labute approximate surface area is 169 Å². The molecule has 1 fully saturated rings. The predicted molar refractivity (Wildman–Crippen MR) is 107 cm³/mol. The number of carbonyl (C=O) groups excluding carboxylic acids is 2. The number of aromatic nitrogens is 2. The van der Waals surface area contributed by atoms with Crippen molar-refractivity contribution in [3.05, 3.63) is 42.2 Å². The number of nitrogens with zero attached hydrogens (tertiary/aromatic N) is 4. The quantitative estimate of drug-likeness (QED) is 0.750. The molecule has 9 heteroatoms. The number of amides is 2. The van der Waals surface area contributed by atoms with Crippen LogP contribution < -0.4 is 19.7 Å². The number of nitrogens with one attached hydrogen (secondary N) is 1. The highest BCUT2D eigenvalue weighted by Gasteiger charge is 2.27. The van der Waals surface area contributed by atoms with Gasteiger partial charge in [0.05, 0.1) is 20.3 Å². The Hall–Kier alpha value is -3.36. The zero-order valence-electron chi connectivity index (χ0n) is 16.8. The highest BCUT2D eigenvalue weighted by molar-refractivity contribution is 6.35. The van der Waals surface area contributed by atoms with E-state index >= 15 is 0 Å².